The van der Waals surface area contributed by atoms with Crippen molar-refractivity contribution in [2.45, 2.75) is 44.4 Å². The van der Waals surface area contributed by atoms with E-state index >= 15 is 0 Å². The Balaban J connectivity index is 1.29. The number of halogens is 3. The summed E-state index contributed by atoms with van der Waals surface area (Å²) in [6.07, 6.45) is 5.04. The Morgan fingerprint density at radius 3 is 2.39 bits per heavy atom. The zero-order chi connectivity index (χ0) is 26.8. The lowest BCUT2D eigenvalue weighted by atomic mass is 9.79. The number of aliphatic hydroxyl groups excluding tert-OH is 1. The average molecular weight is 572 g/mol. The SMILES string of the molecule is COC(=O)c1ccc2c(c1)CCC(c1ccc(OC/C(Cc3c(Cl)cccc3Cl)=C(/O)C3CC3)cc1Cl)C2. The minimum absolute atomic E-state index is 0.179. The van der Waals surface area contributed by atoms with Crippen LogP contribution in [0.3, 0.4) is 0 Å². The van der Waals surface area contributed by atoms with Crippen LogP contribution in [0.5, 0.6) is 5.75 Å². The highest BCUT2D eigenvalue weighted by molar-refractivity contribution is 6.36. The van der Waals surface area contributed by atoms with Crippen molar-refractivity contribution in [3.63, 3.8) is 0 Å². The number of aryl methyl sites for hydroxylation is 1. The van der Waals surface area contributed by atoms with E-state index in [0.29, 0.717) is 38.6 Å². The molecule has 1 N–H and O–H groups in total. The van der Waals surface area contributed by atoms with Gasteiger partial charge in [0.05, 0.1) is 18.4 Å². The predicted octanol–water partition coefficient (Wildman–Crippen LogP) is 8.55. The molecule has 5 rings (SSSR count). The van der Waals surface area contributed by atoms with E-state index < -0.39 is 0 Å². The zero-order valence-electron chi connectivity index (χ0n) is 21.1. The van der Waals surface area contributed by atoms with E-state index in [0.717, 1.165) is 48.8 Å². The van der Waals surface area contributed by atoms with E-state index in [9.17, 15) is 9.90 Å². The molecule has 198 valence electrons. The fourth-order valence-corrected chi connectivity index (χ4v) is 6.00. The third-order valence-electron chi connectivity index (χ3n) is 7.46. The van der Waals surface area contributed by atoms with Gasteiger partial charge >= 0.3 is 5.97 Å². The van der Waals surface area contributed by atoms with Crippen LogP contribution < -0.4 is 4.74 Å². The van der Waals surface area contributed by atoms with Crippen LogP contribution in [0.25, 0.3) is 0 Å². The molecular weight excluding hydrogens is 543 g/mol. The summed E-state index contributed by atoms with van der Waals surface area (Å²) in [6.45, 7) is 0.221. The van der Waals surface area contributed by atoms with Gasteiger partial charge in [0.2, 0.25) is 0 Å². The van der Waals surface area contributed by atoms with Crippen molar-refractivity contribution in [3.05, 3.63) is 109 Å². The Bertz CT molecular complexity index is 1370. The summed E-state index contributed by atoms with van der Waals surface area (Å²) in [5, 5.41) is 12.6. The molecule has 1 unspecified atom stereocenters. The van der Waals surface area contributed by atoms with Gasteiger partial charge in [0, 0.05) is 33.0 Å². The summed E-state index contributed by atoms with van der Waals surface area (Å²) < 4.78 is 11.0. The average Bonchev–Trinajstić information content (AvgIpc) is 3.77. The van der Waals surface area contributed by atoms with Gasteiger partial charge < -0.3 is 14.6 Å². The fraction of sp³-hybridized carbons (Fsp3) is 0.323. The number of allylic oxidation sites excluding steroid dienone is 1. The number of hydrogen-bond donors (Lipinski definition) is 1. The number of fused-ring (bicyclic) bond motifs is 1. The summed E-state index contributed by atoms with van der Waals surface area (Å²) in [6, 6.07) is 17.0. The smallest absolute Gasteiger partial charge is 0.337 e. The third-order valence-corrected chi connectivity index (χ3v) is 8.49. The number of benzene rings is 3. The van der Waals surface area contributed by atoms with Crippen molar-refractivity contribution in [2.24, 2.45) is 5.92 Å². The van der Waals surface area contributed by atoms with Crippen molar-refractivity contribution < 1.29 is 19.4 Å². The number of methoxy groups -OCH3 is 1. The zero-order valence-corrected chi connectivity index (χ0v) is 23.4. The van der Waals surface area contributed by atoms with Gasteiger partial charge in [0.15, 0.2) is 0 Å². The standard InChI is InChI=1S/C31H29Cl3O4/c1-37-31(36)22-10-8-19-13-21(9-7-20(19)14-22)25-12-11-24(16-29(25)34)38-17-23(30(35)18-5-6-18)15-26-27(32)3-2-4-28(26)33/h2-4,8,10-12,14,16,18,21,35H,5-7,9,13,15,17H2,1H3/b30-23+. The lowest BCUT2D eigenvalue weighted by Crippen LogP contribution is -2.14. The minimum atomic E-state index is -0.313. The van der Waals surface area contributed by atoms with Gasteiger partial charge in [-0.3, -0.25) is 0 Å². The summed E-state index contributed by atoms with van der Waals surface area (Å²) in [4.78, 5) is 11.9. The Morgan fingerprint density at radius 2 is 1.71 bits per heavy atom. The predicted molar refractivity (Wildman–Crippen MR) is 152 cm³/mol. The molecule has 0 bridgehead atoms. The molecule has 0 spiro atoms. The molecule has 1 saturated carbocycles. The first kappa shape index (κ1) is 26.9. The normalized spacial score (nSPS) is 17.4. The Kier molecular flexibility index (Phi) is 8.23. The van der Waals surface area contributed by atoms with Crippen molar-refractivity contribution in [1.82, 2.24) is 0 Å². The number of carbonyl (C=O) groups is 1. The topological polar surface area (TPSA) is 55.8 Å². The molecule has 0 radical (unpaired) electrons. The monoisotopic (exact) mass is 570 g/mol. The number of rotatable bonds is 8. The van der Waals surface area contributed by atoms with E-state index in [2.05, 4.69) is 0 Å². The maximum atomic E-state index is 11.9. The highest BCUT2D eigenvalue weighted by Crippen LogP contribution is 2.40. The van der Waals surface area contributed by atoms with E-state index in [-0.39, 0.29) is 24.4 Å². The van der Waals surface area contributed by atoms with Crippen LogP contribution in [-0.2, 0) is 24.0 Å². The van der Waals surface area contributed by atoms with Crippen molar-refractivity contribution in [1.29, 1.82) is 0 Å². The fourth-order valence-electron chi connectivity index (χ4n) is 5.14. The van der Waals surface area contributed by atoms with Crippen molar-refractivity contribution in [3.8, 4) is 5.75 Å². The maximum Gasteiger partial charge on any atom is 0.337 e. The van der Waals surface area contributed by atoms with Crippen LogP contribution in [0, 0.1) is 5.92 Å². The molecule has 0 heterocycles. The molecule has 7 heteroatoms. The molecule has 2 aliphatic carbocycles. The van der Waals surface area contributed by atoms with Gasteiger partial charge in [0.25, 0.3) is 0 Å². The molecule has 3 aromatic carbocycles. The van der Waals surface area contributed by atoms with Crippen LogP contribution in [0.2, 0.25) is 15.1 Å². The molecule has 4 nitrogen and oxygen atoms in total. The summed E-state index contributed by atoms with van der Waals surface area (Å²) in [7, 11) is 1.40. The van der Waals surface area contributed by atoms with Crippen LogP contribution >= 0.6 is 34.8 Å². The first-order valence-electron chi connectivity index (χ1n) is 12.8. The molecule has 0 saturated heterocycles. The van der Waals surface area contributed by atoms with Gasteiger partial charge in [-0.1, -0.05) is 53.0 Å². The summed E-state index contributed by atoms with van der Waals surface area (Å²) >= 11 is 19.5. The molecule has 0 aliphatic heterocycles. The maximum absolute atomic E-state index is 11.9. The molecule has 38 heavy (non-hydrogen) atoms. The summed E-state index contributed by atoms with van der Waals surface area (Å²) in [5.74, 6) is 1.17. The third kappa shape index (κ3) is 5.98. The second-order valence-electron chi connectivity index (χ2n) is 10.0. The lowest BCUT2D eigenvalue weighted by molar-refractivity contribution is 0.0600. The number of carbonyl (C=O) groups excluding carboxylic acids is 1. The number of aliphatic hydroxyl groups is 1. The lowest BCUT2D eigenvalue weighted by Gasteiger charge is -2.26. The van der Waals surface area contributed by atoms with Crippen LogP contribution in [0.4, 0.5) is 0 Å². The first-order chi connectivity index (χ1) is 18.3. The van der Waals surface area contributed by atoms with Crippen LogP contribution in [0.15, 0.2) is 65.9 Å². The van der Waals surface area contributed by atoms with Gasteiger partial charge in [-0.2, -0.15) is 0 Å². The number of hydrogen-bond acceptors (Lipinski definition) is 4. The van der Waals surface area contributed by atoms with Crippen LogP contribution in [0.1, 0.15) is 57.8 Å². The molecule has 3 aromatic rings. The van der Waals surface area contributed by atoms with Crippen LogP contribution in [-0.4, -0.2) is 24.8 Å². The minimum Gasteiger partial charge on any atom is -0.512 e. The molecule has 0 amide bonds. The molecule has 1 atom stereocenters. The molecular formula is C31H29Cl3O4. The Hall–Kier alpha value is -2.66. The van der Waals surface area contributed by atoms with Gasteiger partial charge in [0.1, 0.15) is 12.4 Å². The van der Waals surface area contributed by atoms with E-state index in [1.807, 2.05) is 42.5 Å². The Labute approximate surface area is 238 Å². The number of esters is 1. The Morgan fingerprint density at radius 1 is 0.947 bits per heavy atom. The summed E-state index contributed by atoms with van der Waals surface area (Å²) in [5.41, 5.74) is 5.65. The van der Waals surface area contributed by atoms with E-state index in [4.69, 9.17) is 44.3 Å². The molecule has 2 aliphatic rings. The second kappa shape index (κ2) is 11.6. The van der Waals surface area contributed by atoms with Crippen molar-refractivity contribution >= 4 is 40.8 Å². The van der Waals surface area contributed by atoms with Crippen molar-refractivity contribution in [2.75, 3.05) is 13.7 Å². The number of ether oxygens (including phenoxy) is 2. The first-order valence-corrected chi connectivity index (χ1v) is 13.9. The highest BCUT2D eigenvalue weighted by Gasteiger charge is 2.29. The largest absolute Gasteiger partial charge is 0.512 e. The van der Waals surface area contributed by atoms with E-state index in [1.54, 1.807) is 12.1 Å². The van der Waals surface area contributed by atoms with Gasteiger partial charge in [-0.15, -0.1) is 0 Å². The van der Waals surface area contributed by atoms with Gasteiger partial charge in [-0.25, -0.2) is 4.79 Å². The van der Waals surface area contributed by atoms with Gasteiger partial charge in [-0.05, 0) is 96.7 Å². The molecule has 1 fully saturated rings. The second-order valence-corrected chi connectivity index (χ2v) is 11.2. The molecule has 0 aromatic heterocycles. The highest BCUT2D eigenvalue weighted by atomic mass is 35.5. The quantitative estimate of drug-likeness (QED) is 0.217. The van der Waals surface area contributed by atoms with E-state index in [1.165, 1.54) is 18.2 Å².